The summed E-state index contributed by atoms with van der Waals surface area (Å²) in [6, 6.07) is 0. The second-order valence-corrected chi connectivity index (χ2v) is 3.14. The molecule has 0 aliphatic heterocycles. The molecule has 0 spiro atoms. The van der Waals surface area contributed by atoms with Crippen molar-refractivity contribution in [1.82, 2.24) is 15.2 Å². The van der Waals surface area contributed by atoms with Crippen molar-refractivity contribution in [2.24, 2.45) is 0 Å². The third kappa shape index (κ3) is 2.47. The molecular formula is C12H11N3. The standard InChI is InChI=1S/C12H11N3/c1-10-14-12(9-13-15-10)11-7-5-3-2-4-6-8-11/h2-9H,1H3. The van der Waals surface area contributed by atoms with Crippen LogP contribution in [0.15, 0.2) is 48.7 Å². The van der Waals surface area contributed by atoms with Gasteiger partial charge in [0.25, 0.3) is 0 Å². The number of rotatable bonds is 1. The summed E-state index contributed by atoms with van der Waals surface area (Å²) < 4.78 is 0. The maximum Gasteiger partial charge on any atom is 0.148 e. The zero-order chi connectivity index (χ0) is 10.5. The summed E-state index contributed by atoms with van der Waals surface area (Å²) in [4.78, 5) is 4.32. The lowest BCUT2D eigenvalue weighted by molar-refractivity contribution is 0.898. The van der Waals surface area contributed by atoms with E-state index in [1.165, 1.54) is 0 Å². The third-order valence-electron chi connectivity index (χ3n) is 1.96. The average molecular weight is 197 g/mol. The zero-order valence-corrected chi connectivity index (χ0v) is 8.46. The van der Waals surface area contributed by atoms with Crippen molar-refractivity contribution in [3.8, 4) is 0 Å². The molecule has 0 amide bonds. The molecule has 1 aromatic heterocycles. The second kappa shape index (κ2) is 4.46. The molecule has 1 aromatic rings. The van der Waals surface area contributed by atoms with E-state index in [2.05, 4.69) is 15.2 Å². The molecule has 3 heteroatoms. The van der Waals surface area contributed by atoms with Gasteiger partial charge in [0.2, 0.25) is 0 Å². The number of hydrogen-bond acceptors (Lipinski definition) is 3. The van der Waals surface area contributed by atoms with E-state index in [1.807, 2.05) is 49.5 Å². The van der Waals surface area contributed by atoms with E-state index in [9.17, 15) is 0 Å². The van der Waals surface area contributed by atoms with Crippen molar-refractivity contribution in [3.05, 3.63) is 60.2 Å². The first-order valence-corrected chi connectivity index (χ1v) is 4.75. The van der Waals surface area contributed by atoms with Crippen LogP contribution in [-0.4, -0.2) is 15.2 Å². The van der Waals surface area contributed by atoms with Gasteiger partial charge in [-0.05, 0) is 6.92 Å². The Morgan fingerprint density at radius 2 is 1.80 bits per heavy atom. The lowest BCUT2D eigenvalue weighted by atomic mass is 10.1. The molecule has 0 radical (unpaired) electrons. The fraction of sp³-hybridized carbons (Fsp3) is 0.0833. The van der Waals surface area contributed by atoms with Gasteiger partial charge < -0.3 is 0 Å². The van der Waals surface area contributed by atoms with Gasteiger partial charge in [0, 0.05) is 5.57 Å². The molecule has 3 nitrogen and oxygen atoms in total. The van der Waals surface area contributed by atoms with Crippen molar-refractivity contribution in [2.75, 3.05) is 0 Å². The highest BCUT2D eigenvalue weighted by molar-refractivity contribution is 5.73. The second-order valence-electron chi connectivity index (χ2n) is 3.14. The molecule has 0 saturated carbocycles. The highest BCUT2D eigenvalue weighted by atomic mass is 15.1. The number of aryl methyl sites for hydroxylation is 1. The van der Waals surface area contributed by atoms with Gasteiger partial charge in [0.15, 0.2) is 0 Å². The van der Waals surface area contributed by atoms with Gasteiger partial charge in [0.1, 0.15) is 5.82 Å². The summed E-state index contributed by atoms with van der Waals surface area (Å²) >= 11 is 0. The van der Waals surface area contributed by atoms with Crippen LogP contribution in [0.2, 0.25) is 0 Å². The molecule has 74 valence electrons. The Balaban J connectivity index is 2.38. The van der Waals surface area contributed by atoms with Crippen LogP contribution in [0.3, 0.4) is 0 Å². The fourth-order valence-electron chi connectivity index (χ4n) is 1.27. The van der Waals surface area contributed by atoms with Gasteiger partial charge in [-0.1, -0.05) is 42.5 Å². The van der Waals surface area contributed by atoms with E-state index in [1.54, 1.807) is 6.20 Å². The van der Waals surface area contributed by atoms with E-state index in [0.717, 1.165) is 11.3 Å². The first-order valence-electron chi connectivity index (χ1n) is 4.75. The van der Waals surface area contributed by atoms with Crippen molar-refractivity contribution >= 4 is 5.57 Å². The Labute approximate surface area is 88.6 Å². The summed E-state index contributed by atoms with van der Waals surface area (Å²) in [5.41, 5.74) is 1.88. The van der Waals surface area contributed by atoms with Gasteiger partial charge in [-0.15, -0.1) is 5.10 Å². The van der Waals surface area contributed by atoms with Crippen molar-refractivity contribution in [3.63, 3.8) is 0 Å². The quantitative estimate of drug-likeness (QED) is 0.693. The minimum Gasteiger partial charge on any atom is -0.230 e. The molecule has 15 heavy (non-hydrogen) atoms. The Kier molecular flexibility index (Phi) is 2.83. The number of nitrogens with zero attached hydrogens (tertiary/aromatic N) is 3. The smallest absolute Gasteiger partial charge is 0.148 e. The van der Waals surface area contributed by atoms with Crippen molar-refractivity contribution in [2.45, 2.75) is 6.92 Å². The molecule has 0 fully saturated rings. The molecule has 0 bridgehead atoms. The molecule has 1 aliphatic carbocycles. The van der Waals surface area contributed by atoms with Gasteiger partial charge in [-0.2, -0.15) is 5.10 Å². The Hall–Kier alpha value is -2.03. The molecule has 1 heterocycles. The predicted octanol–water partition coefficient (Wildman–Crippen LogP) is 2.25. The van der Waals surface area contributed by atoms with Crippen molar-refractivity contribution in [1.29, 1.82) is 0 Å². The Bertz CT molecular complexity index is 468. The highest BCUT2D eigenvalue weighted by Gasteiger charge is 2.00. The van der Waals surface area contributed by atoms with Crippen LogP contribution in [0, 0.1) is 6.92 Å². The molecule has 2 rings (SSSR count). The van der Waals surface area contributed by atoms with Crippen LogP contribution < -0.4 is 0 Å². The van der Waals surface area contributed by atoms with Crippen LogP contribution in [0.25, 0.3) is 5.57 Å². The topological polar surface area (TPSA) is 38.7 Å². The normalized spacial score (nSPS) is 14.6. The lowest BCUT2D eigenvalue weighted by Gasteiger charge is -2.00. The molecule has 0 aromatic carbocycles. The number of hydrogen-bond donors (Lipinski definition) is 0. The van der Waals surface area contributed by atoms with Crippen LogP contribution in [0.1, 0.15) is 11.5 Å². The van der Waals surface area contributed by atoms with E-state index in [0.29, 0.717) is 5.82 Å². The maximum absolute atomic E-state index is 4.32. The molecule has 0 N–H and O–H groups in total. The van der Waals surface area contributed by atoms with E-state index < -0.39 is 0 Å². The highest BCUT2D eigenvalue weighted by Crippen LogP contribution is 2.13. The first-order chi connectivity index (χ1) is 7.36. The summed E-state index contributed by atoms with van der Waals surface area (Å²) in [6.07, 6.45) is 15.6. The molecule has 0 unspecified atom stereocenters. The first kappa shape index (κ1) is 9.52. The third-order valence-corrected chi connectivity index (χ3v) is 1.96. The van der Waals surface area contributed by atoms with E-state index >= 15 is 0 Å². The minimum absolute atomic E-state index is 0.684. The number of allylic oxidation sites excluding steroid dienone is 8. The minimum atomic E-state index is 0.684. The van der Waals surface area contributed by atoms with Crippen LogP contribution >= 0.6 is 0 Å². The monoisotopic (exact) mass is 197 g/mol. The van der Waals surface area contributed by atoms with Gasteiger partial charge in [-0.3, -0.25) is 0 Å². The Morgan fingerprint density at radius 3 is 2.67 bits per heavy atom. The van der Waals surface area contributed by atoms with Crippen molar-refractivity contribution < 1.29 is 0 Å². The van der Waals surface area contributed by atoms with Gasteiger partial charge >= 0.3 is 0 Å². The maximum atomic E-state index is 4.32. The van der Waals surface area contributed by atoms with Crippen LogP contribution in [0.5, 0.6) is 0 Å². The average Bonchev–Trinajstić information content (AvgIpc) is 2.16. The summed E-state index contributed by atoms with van der Waals surface area (Å²) in [5, 5.41) is 7.72. The molecule has 0 atom stereocenters. The fourth-order valence-corrected chi connectivity index (χ4v) is 1.27. The summed E-state index contributed by atoms with van der Waals surface area (Å²) in [5.74, 6) is 0.684. The van der Waals surface area contributed by atoms with E-state index in [4.69, 9.17) is 0 Å². The van der Waals surface area contributed by atoms with Crippen LogP contribution in [0.4, 0.5) is 0 Å². The van der Waals surface area contributed by atoms with Gasteiger partial charge in [-0.25, -0.2) is 4.98 Å². The van der Waals surface area contributed by atoms with Gasteiger partial charge in [0.05, 0.1) is 11.9 Å². The largest absolute Gasteiger partial charge is 0.230 e. The molecule has 0 saturated heterocycles. The van der Waals surface area contributed by atoms with Crippen LogP contribution in [-0.2, 0) is 0 Å². The zero-order valence-electron chi connectivity index (χ0n) is 8.46. The summed E-state index contributed by atoms with van der Waals surface area (Å²) in [7, 11) is 0. The molecule has 1 aliphatic rings. The SMILES string of the molecule is Cc1nncc(C2=CC=CC=CC=C2)n1. The predicted molar refractivity (Wildman–Crippen MR) is 60.0 cm³/mol. The number of aromatic nitrogens is 3. The Morgan fingerprint density at radius 1 is 1.00 bits per heavy atom. The van der Waals surface area contributed by atoms with E-state index in [-0.39, 0.29) is 0 Å². The summed E-state index contributed by atoms with van der Waals surface area (Å²) in [6.45, 7) is 1.83. The molecular weight excluding hydrogens is 186 g/mol. The lowest BCUT2D eigenvalue weighted by Crippen LogP contribution is -1.95.